The van der Waals surface area contributed by atoms with E-state index < -0.39 is 16.1 Å². The monoisotopic (exact) mass is 317 g/mol. The van der Waals surface area contributed by atoms with Gasteiger partial charge in [-0.15, -0.1) is 0 Å². The maximum Gasteiger partial charge on any atom is 0.267 e. The van der Waals surface area contributed by atoms with Gasteiger partial charge in [-0.3, -0.25) is 4.79 Å². The zero-order valence-corrected chi connectivity index (χ0v) is 12.8. The molecule has 8 nitrogen and oxygen atoms in total. The Labute approximate surface area is 123 Å². The van der Waals surface area contributed by atoms with Crippen LogP contribution in [0, 0.1) is 0 Å². The lowest BCUT2D eigenvalue weighted by Gasteiger charge is -2.30. The van der Waals surface area contributed by atoms with Gasteiger partial charge in [0.15, 0.2) is 0 Å². The fourth-order valence-corrected chi connectivity index (χ4v) is 3.73. The Hall–Kier alpha value is -1.42. The van der Waals surface area contributed by atoms with Crippen molar-refractivity contribution in [3.05, 3.63) is 18.0 Å². The molecule has 1 unspecified atom stereocenters. The number of morpholine rings is 1. The molecule has 0 saturated carbocycles. The van der Waals surface area contributed by atoms with Crippen LogP contribution in [0.1, 0.15) is 10.5 Å². The Bertz CT molecular complexity index is 625. The second-order valence-electron chi connectivity index (χ2n) is 4.79. The van der Waals surface area contributed by atoms with Crippen molar-refractivity contribution in [3.8, 4) is 0 Å². The summed E-state index contributed by atoms with van der Waals surface area (Å²) in [7, 11) is -0.613. The first-order valence-electron chi connectivity index (χ1n) is 6.51. The second kappa shape index (κ2) is 6.14. The number of ether oxygens (including phenoxy) is 1. The third-order valence-corrected chi connectivity index (χ3v) is 5.21. The summed E-state index contributed by atoms with van der Waals surface area (Å²) < 4.78 is 33.1. The number of amides is 1. The quantitative estimate of drug-likeness (QED) is 0.724. The SMILES string of the molecule is CNC(=O)c1cc(S(=O)(=O)N2CCOC(CO)C2)cn1C. The second-order valence-corrected chi connectivity index (χ2v) is 6.73. The van der Waals surface area contributed by atoms with Crippen LogP contribution in [0.15, 0.2) is 17.2 Å². The van der Waals surface area contributed by atoms with E-state index in [2.05, 4.69) is 5.32 Å². The summed E-state index contributed by atoms with van der Waals surface area (Å²) in [5.74, 6) is -0.353. The summed E-state index contributed by atoms with van der Waals surface area (Å²) >= 11 is 0. The van der Waals surface area contributed by atoms with Gasteiger partial charge in [0, 0.05) is 33.4 Å². The predicted octanol–water partition coefficient (Wildman–Crippen LogP) is -1.23. The molecular formula is C12H19N3O5S. The number of aromatic nitrogens is 1. The fourth-order valence-electron chi connectivity index (χ4n) is 2.20. The molecule has 1 aliphatic rings. The van der Waals surface area contributed by atoms with Crippen molar-refractivity contribution in [1.29, 1.82) is 0 Å². The first-order valence-corrected chi connectivity index (χ1v) is 7.95. The first kappa shape index (κ1) is 16.0. The van der Waals surface area contributed by atoms with Crippen LogP contribution < -0.4 is 5.32 Å². The molecule has 0 bridgehead atoms. The lowest BCUT2D eigenvalue weighted by atomic mass is 10.3. The normalized spacial score (nSPS) is 20.4. The van der Waals surface area contributed by atoms with Gasteiger partial charge in [-0.05, 0) is 6.07 Å². The van der Waals surface area contributed by atoms with E-state index in [9.17, 15) is 13.2 Å². The number of aliphatic hydroxyl groups is 1. The number of carbonyl (C=O) groups excluding carboxylic acids is 1. The number of aliphatic hydroxyl groups excluding tert-OH is 1. The van der Waals surface area contributed by atoms with E-state index in [1.165, 1.54) is 28.2 Å². The molecule has 21 heavy (non-hydrogen) atoms. The molecule has 0 aromatic carbocycles. The van der Waals surface area contributed by atoms with Gasteiger partial charge in [0.05, 0.1) is 19.3 Å². The van der Waals surface area contributed by atoms with Crippen molar-refractivity contribution in [2.24, 2.45) is 7.05 Å². The molecule has 1 aliphatic heterocycles. The van der Waals surface area contributed by atoms with Crippen molar-refractivity contribution in [1.82, 2.24) is 14.2 Å². The minimum absolute atomic E-state index is 0.0576. The number of hydrogen-bond acceptors (Lipinski definition) is 5. The van der Waals surface area contributed by atoms with Crippen LogP contribution in [0.2, 0.25) is 0 Å². The Balaban J connectivity index is 2.29. The molecule has 1 fully saturated rings. The molecule has 2 heterocycles. The maximum atomic E-state index is 12.6. The Kier molecular flexibility index (Phi) is 4.67. The van der Waals surface area contributed by atoms with Crippen LogP contribution in [0.3, 0.4) is 0 Å². The molecule has 118 valence electrons. The van der Waals surface area contributed by atoms with Crippen LogP contribution in [0.4, 0.5) is 0 Å². The van der Waals surface area contributed by atoms with E-state index in [1.807, 2.05) is 0 Å². The summed E-state index contributed by atoms with van der Waals surface area (Å²) in [6.45, 7) is 0.329. The van der Waals surface area contributed by atoms with Gasteiger partial charge in [0.1, 0.15) is 10.6 Å². The molecule has 1 aromatic heterocycles. The summed E-state index contributed by atoms with van der Waals surface area (Å²) in [6.07, 6.45) is 0.888. The molecular weight excluding hydrogens is 298 g/mol. The van der Waals surface area contributed by atoms with E-state index in [4.69, 9.17) is 9.84 Å². The van der Waals surface area contributed by atoms with Crippen molar-refractivity contribution < 1.29 is 23.1 Å². The van der Waals surface area contributed by atoms with Gasteiger partial charge >= 0.3 is 0 Å². The van der Waals surface area contributed by atoms with E-state index in [1.54, 1.807) is 7.05 Å². The molecule has 2 N–H and O–H groups in total. The van der Waals surface area contributed by atoms with Gasteiger partial charge in [0.2, 0.25) is 10.0 Å². The van der Waals surface area contributed by atoms with Crippen molar-refractivity contribution in [3.63, 3.8) is 0 Å². The van der Waals surface area contributed by atoms with Crippen LogP contribution in [-0.2, 0) is 21.8 Å². The summed E-state index contributed by atoms with van der Waals surface area (Å²) in [6, 6.07) is 1.34. The van der Waals surface area contributed by atoms with Crippen molar-refractivity contribution in [2.75, 3.05) is 33.4 Å². The molecule has 1 aromatic rings. The van der Waals surface area contributed by atoms with Gasteiger partial charge < -0.3 is 19.7 Å². The minimum atomic E-state index is -3.71. The van der Waals surface area contributed by atoms with Gasteiger partial charge in [0.25, 0.3) is 5.91 Å². The smallest absolute Gasteiger partial charge is 0.267 e. The average molecular weight is 317 g/mol. The zero-order chi connectivity index (χ0) is 15.6. The van der Waals surface area contributed by atoms with Crippen LogP contribution in [0.25, 0.3) is 0 Å². The Morgan fingerprint density at radius 3 is 2.90 bits per heavy atom. The molecule has 1 saturated heterocycles. The van der Waals surface area contributed by atoms with Crippen LogP contribution in [-0.4, -0.2) is 67.8 Å². The third-order valence-electron chi connectivity index (χ3n) is 3.38. The number of nitrogens with zero attached hydrogens (tertiary/aromatic N) is 2. The molecule has 1 amide bonds. The largest absolute Gasteiger partial charge is 0.394 e. The van der Waals surface area contributed by atoms with Gasteiger partial charge in [-0.25, -0.2) is 8.42 Å². The fraction of sp³-hybridized carbons (Fsp3) is 0.583. The number of nitrogens with one attached hydrogen (secondary N) is 1. The van der Waals surface area contributed by atoms with Crippen molar-refractivity contribution >= 4 is 15.9 Å². The highest BCUT2D eigenvalue weighted by Gasteiger charge is 2.32. The number of hydrogen-bond donors (Lipinski definition) is 2. The summed E-state index contributed by atoms with van der Waals surface area (Å²) in [5, 5.41) is 11.6. The first-order chi connectivity index (χ1) is 9.90. The van der Waals surface area contributed by atoms with E-state index >= 15 is 0 Å². The van der Waals surface area contributed by atoms with Crippen LogP contribution >= 0.6 is 0 Å². The van der Waals surface area contributed by atoms with Crippen molar-refractivity contribution in [2.45, 2.75) is 11.0 Å². The van der Waals surface area contributed by atoms with Gasteiger partial charge in [-0.2, -0.15) is 4.31 Å². The summed E-state index contributed by atoms with van der Waals surface area (Å²) in [5.41, 5.74) is 0.267. The van der Waals surface area contributed by atoms with Gasteiger partial charge in [-0.1, -0.05) is 0 Å². The Morgan fingerprint density at radius 1 is 1.57 bits per heavy atom. The molecule has 0 spiro atoms. The highest BCUT2D eigenvalue weighted by atomic mass is 32.2. The number of rotatable bonds is 4. The van der Waals surface area contributed by atoms with Crippen LogP contribution in [0.5, 0.6) is 0 Å². The number of sulfonamides is 1. The number of aryl methyl sites for hydroxylation is 1. The van der Waals surface area contributed by atoms with E-state index in [0.29, 0.717) is 0 Å². The lowest BCUT2D eigenvalue weighted by Crippen LogP contribution is -2.46. The lowest BCUT2D eigenvalue weighted by molar-refractivity contribution is -0.0304. The molecule has 0 radical (unpaired) electrons. The third kappa shape index (κ3) is 3.10. The standard InChI is InChI=1S/C12H19N3O5S/c1-13-12(17)11-5-10(7-14(11)2)21(18,19)15-3-4-20-9(6-15)8-16/h5,7,9,16H,3-4,6,8H2,1-2H3,(H,13,17). The summed E-state index contributed by atoms with van der Waals surface area (Å²) in [4.78, 5) is 11.7. The highest BCUT2D eigenvalue weighted by molar-refractivity contribution is 7.89. The molecule has 0 aliphatic carbocycles. The topological polar surface area (TPSA) is 101 Å². The molecule has 2 rings (SSSR count). The molecule has 1 atom stereocenters. The predicted molar refractivity (Wildman–Crippen MR) is 74.4 cm³/mol. The zero-order valence-electron chi connectivity index (χ0n) is 11.9. The minimum Gasteiger partial charge on any atom is -0.394 e. The average Bonchev–Trinajstić information content (AvgIpc) is 2.89. The number of carbonyl (C=O) groups is 1. The maximum absolute atomic E-state index is 12.6. The van der Waals surface area contributed by atoms with E-state index in [0.717, 1.165) is 0 Å². The van der Waals surface area contributed by atoms with E-state index in [-0.39, 0.29) is 42.8 Å². The Morgan fingerprint density at radius 2 is 2.29 bits per heavy atom. The molecule has 9 heteroatoms. The highest BCUT2D eigenvalue weighted by Crippen LogP contribution is 2.20.